The van der Waals surface area contributed by atoms with E-state index in [9.17, 15) is 13.2 Å². The molecule has 72 valence electrons. The lowest BCUT2D eigenvalue weighted by atomic mass is 10.3. The molecule has 0 fully saturated rings. The molecule has 3 N–H and O–H groups in total. The summed E-state index contributed by atoms with van der Waals surface area (Å²) in [4.78, 5) is 10.5. The van der Waals surface area contributed by atoms with Crippen LogP contribution in [-0.2, 0) is 14.6 Å². The maximum atomic E-state index is 11.1. The first-order chi connectivity index (χ1) is 5.45. The number of hydrogen-bond acceptors (Lipinski definition) is 4. The Balaban J connectivity index is 4.63. The van der Waals surface area contributed by atoms with Gasteiger partial charge in [0.2, 0.25) is 0 Å². The highest BCUT2D eigenvalue weighted by atomic mass is 32.2. The van der Waals surface area contributed by atoms with Gasteiger partial charge >= 0.3 is 5.97 Å². The summed E-state index contributed by atoms with van der Waals surface area (Å²) < 4.78 is 22.2. The number of aliphatic carboxylic acids is 1. The number of carbonyl (C=O) groups is 1. The Morgan fingerprint density at radius 3 is 2.33 bits per heavy atom. The molecule has 0 saturated carbocycles. The Labute approximate surface area is 71.5 Å². The van der Waals surface area contributed by atoms with Crippen molar-refractivity contribution in [2.24, 2.45) is 5.73 Å². The minimum Gasteiger partial charge on any atom is -0.480 e. The first kappa shape index (κ1) is 11.4. The van der Waals surface area contributed by atoms with E-state index < -0.39 is 21.1 Å². The largest absolute Gasteiger partial charge is 0.480 e. The van der Waals surface area contributed by atoms with Crippen LogP contribution in [0.4, 0.5) is 0 Å². The average molecular weight is 195 g/mol. The molecule has 0 spiro atoms. The zero-order valence-electron chi connectivity index (χ0n) is 6.86. The molecule has 1 atom stereocenters. The summed E-state index contributed by atoms with van der Waals surface area (Å²) >= 11 is 0. The molecule has 0 radical (unpaired) electrons. The van der Waals surface area contributed by atoms with Gasteiger partial charge in [0.05, 0.1) is 0 Å². The Kier molecular flexibility index (Phi) is 4.19. The van der Waals surface area contributed by atoms with Gasteiger partial charge < -0.3 is 10.8 Å². The molecule has 0 amide bonds. The molecule has 1 unspecified atom stereocenters. The van der Waals surface area contributed by atoms with Crippen molar-refractivity contribution < 1.29 is 18.3 Å². The Morgan fingerprint density at radius 1 is 1.58 bits per heavy atom. The van der Waals surface area contributed by atoms with E-state index in [0.717, 1.165) is 0 Å². The second-order valence-corrected chi connectivity index (χ2v) is 4.83. The molecule has 0 bridgehead atoms. The molecule has 0 aromatic heterocycles. The first-order valence-electron chi connectivity index (χ1n) is 3.60. The molecule has 0 rings (SSSR count). The second-order valence-electron chi connectivity index (χ2n) is 2.36. The maximum absolute atomic E-state index is 11.1. The van der Waals surface area contributed by atoms with E-state index in [-0.39, 0.29) is 18.7 Å². The van der Waals surface area contributed by atoms with Crippen LogP contribution in [0.2, 0.25) is 0 Å². The molecule has 0 aromatic carbocycles. The molecule has 0 aromatic rings. The monoisotopic (exact) mass is 195 g/mol. The summed E-state index contributed by atoms with van der Waals surface area (Å²) in [7, 11) is -3.50. The highest BCUT2D eigenvalue weighted by Crippen LogP contribution is 2.06. The summed E-state index contributed by atoms with van der Waals surface area (Å²) in [6.45, 7) is 1.48. The lowest BCUT2D eigenvalue weighted by molar-refractivity contribution is -0.136. The molecule has 0 aliphatic carbocycles. The van der Waals surface area contributed by atoms with Crippen molar-refractivity contribution in [2.75, 3.05) is 12.3 Å². The number of sulfone groups is 1. The van der Waals surface area contributed by atoms with Gasteiger partial charge in [0.25, 0.3) is 0 Å². The summed E-state index contributed by atoms with van der Waals surface area (Å²) in [5.74, 6) is -1.48. The third kappa shape index (κ3) is 2.78. The highest BCUT2D eigenvalue weighted by molar-refractivity contribution is 7.92. The lowest BCUT2D eigenvalue weighted by Gasteiger charge is -2.09. The SMILES string of the molecule is CCS(=O)(=O)C(CCN)C(=O)O. The molecule has 6 heteroatoms. The highest BCUT2D eigenvalue weighted by Gasteiger charge is 2.29. The number of rotatable bonds is 5. The van der Waals surface area contributed by atoms with Crippen LogP contribution >= 0.6 is 0 Å². The summed E-state index contributed by atoms with van der Waals surface area (Å²) in [5, 5.41) is 7.20. The predicted octanol–water partition coefficient (Wildman–Crippen LogP) is -0.777. The maximum Gasteiger partial charge on any atom is 0.321 e. The quantitative estimate of drug-likeness (QED) is 0.600. The van der Waals surface area contributed by atoms with E-state index in [1.54, 1.807) is 0 Å². The van der Waals surface area contributed by atoms with E-state index >= 15 is 0 Å². The van der Waals surface area contributed by atoms with Crippen LogP contribution in [-0.4, -0.2) is 37.0 Å². The predicted molar refractivity (Wildman–Crippen MR) is 44.6 cm³/mol. The van der Waals surface area contributed by atoms with Crippen LogP contribution < -0.4 is 5.73 Å². The van der Waals surface area contributed by atoms with Crippen LogP contribution in [0.25, 0.3) is 0 Å². The third-order valence-electron chi connectivity index (χ3n) is 1.54. The van der Waals surface area contributed by atoms with Gasteiger partial charge in [-0.2, -0.15) is 0 Å². The van der Waals surface area contributed by atoms with Crippen molar-refractivity contribution in [1.29, 1.82) is 0 Å². The number of nitrogens with two attached hydrogens (primary N) is 1. The number of carboxylic acids is 1. The van der Waals surface area contributed by atoms with Gasteiger partial charge in [-0.3, -0.25) is 4.79 Å². The molecule has 0 heterocycles. The summed E-state index contributed by atoms with van der Waals surface area (Å²) in [5.41, 5.74) is 5.09. The van der Waals surface area contributed by atoms with E-state index in [0.29, 0.717) is 0 Å². The Bertz CT molecular complexity index is 246. The number of hydrogen-bond donors (Lipinski definition) is 2. The molecular formula is C6H13NO4S. The van der Waals surface area contributed by atoms with E-state index in [1.165, 1.54) is 6.92 Å². The summed E-state index contributed by atoms with van der Waals surface area (Å²) in [6, 6.07) is 0. The van der Waals surface area contributed by atoms with E-state index in [4.69, 9.17) is 10.8 Å². The first-order valence-corrected chi connectivity index (χ1v) is 5.31. The fourth-order valence-corrected chi connectivity index (χ4v) is 2.01. The van der Waals surface area contributed by atoms with Crippen LogP contribution in [0.5, 0.6) is 0 Å². The number of carboxylic acid groups (broad SMARTS) is 1. The topological polar surface area (TPSA) is 97.5 Å². The average Bonchev–Trinajstić information content (AvgIpc) is 1.99. The van der Waals surface area contributed by atoms with Crippen LogP contribution in [0.15, 0.2) is 0 Å². The third-order valence-corrected chi connectivity index (χ3v) is 3.65. The molecule has 5 nitrogen and oxygen atoms in total. The van der Waals surface area contributed by atoms with Crippen LogP contribution in [0.1, 0.15) is 13.3 Å². The van der Waals surface area contributed by atoms with Gasteiger partial charge in [0, 0.05) is 5.75 Å². The van der Waals surface area contributed by atoms with Crippen molar-refractivity contribution in [3.05, 3.63) is 0 Å². The minimum atomic E-state index is -3.50. The van der Waals surface area contributed by atoms with Crippen molar-refractivity contribution in [1.82, 2.24) is 0 Å². The normalized spacial score (nSPS) is 14.2. The molecule has 0 aliphatic rings. The fourth-order valence-electron chi connectivity index (χ4n) is 0.809. The van der Waals surface area contributed by atoms with Crippen molar-refractivity contribution >= 4 is 15.8 Å². The zero-order valence-corrected chi connectivity index (χ0v) is 7.67. The van der Waals surface area contributed by atoms with Crippen LogP contribution in [0, 0.1) is 0 Å². The molecule has 0 saturated heterocycles. The Morgan fingerprint density at radius 2 is 2.08 bits per heavy atom. The second kappa shape index (κ2) is 4.42. The lowest BCUT2D eigenvalue weighted by Crippen LogP contribution is -2.33. The Hall–Kier alpha value is -0.620. The van der Waals surface area contributed by atoms with Gasteiger partial charge in [-0.15, -0.1) is 0 Å². The minimum absolute atomic E-state index is 0.0223. The van der Waals surface area contributed by atoms with Gasteiger partial charge in [-0.1, -0.05) is 6.92 Å². The molecule has 12 heavy (non-hydrogen) atoms. The summed E-state index contributed by atoms with van der Waals surface area (Å²) in [6.07, 6.45) is -0.0223. The van der Waals surface area contributed by atoms with Crippen molar-refractivity contribution in [3.8, 4) is 0 Å². The molecular weight excluding hydrogens is 182 g/mol. The zero-order chi connectivity index (χ0) is 9.78. The van der Waals surface area contributed by atoms with E-state index in [1.807, 2.05) is 0 Å². The van der Waals surface area contributed by atoms with Crippen molar-refractivity contribution in [2.45, 2.75) is 18.6 Å². The van der Waals surface area contributed by atoms with Gasteiger partial charge in [0.1, 0.15) is 0 Å². The van der Waals surface area contributed by atoms with E-state index in [2.05, 4.69) is 0 Å². The smallest absolute Gasteiger partial charge is 0.321 e. The van der Waals surface area contributed by atoms with Crippen molar-refractivity contribution in [3.63, 3.8) is 0 Å². The van der Waals surface area contributed by atoms with Gasteiger partial charge in [-0.25, -0.2) is 8.42 Å². The van der Waals surface area contributed by atoms with Gasteiger partial charge in [-0.05, 0) is 13.0 Å². The van der Waals surface area contributed by atoms with Gasteiger partial charge in [0.15, 0.2) is 15.1 Å². The molecule has 0 aliphatic heterocycles. The van der Waals surface area contributed by atoms with Crippen LogP contribution in [0.3, 0.4) is 0 Å². The fraction of sp³-hybridized carbons (Fsp3) is 0.833. The standard InChI is InChI=1S/C6H13NO4S/c1-2-12(10,11)5(3-4-7)6(8)9/h5H,2-4,7H2,1H3,(H,8,9).